The second-order valence-electron chi connectivity index (χ2n) is 6.66. The minimum atomic E-state index is -0.734. The molecule has 0 aromatic heterocycles. The summed E-state index contributed by atoms with van der Waals surface area (Å²) in [6, 6.07) is 0. The smallest absolute Gasteiger partial charge is 0.248 e. The van der Waals surface area contributed by atoms with Crippen LogP contribution in [-0.2, 0) is 9.59 Å². The van der Waals surface area contributed by atoms with Crippen molar-refractivity contribution in [1.82, 2.24) is 10.2 Å². The van der Waals surface area contributed by atoms with Crippen molar-refractivity contribution in [2.45, 2.75) is 69.1 Å². The minimum Gasteiger partial charge on any atom is -0.342 e. The van der Waals surface area contributed by atoms with Gasteiger partial charge in [-0.2, -0.15) is 11.8 Å². The second kappa shape index (κ2) is 6.59. The predicted octanol–water partition coefficient (Wildman–Crippen LogP) is 2.57. The van der Waals surface area contributed by atoms with Gasteiger partial charge in [0.1, 0.15) is 5.54 Å². The molecule has 2 aliphatic rings. The van der Waals surface area contributed by atoms with Crippen LogP contribution in [0.2, 0.25) is 0 Å². The van der Waals surface area contributed by atoms with E-state index in [0.29, 0.717) is 19.4 Å². The number of amides is 2. The number of nitrogens with one attached hydrogen (secondary N) is 1. The lowest BCUT2D eigenvalue weighted by Gasteiger charge is -2.41. The molecule has 4 nitrogen and oxygen atoms in total. The van der Waals surface area contributed by atoms with E-state index in [1.54, 1.807) is 0 Å². The molecule has 1 aliphatic carbocycles. The lowest BCUT2D eigenvalue weighted by atomic mass is 9.87. The van der Waals surface area contributed by atoms with E-state index >= 15 is 0 Å². The van der Waals surface area contributed by atoms with Crippen molar-refractivity contribution in [2.75, 3.05) is 19.3 Å². The zero-order valence-corrected chi connectivity index (χ0v) is 14.4. The number of carbonyl (C=O) groups is 2. The van der Waals surface area contributed by atoms with Gasteiger partial charge in [0.05, 0.1) is 0 Å². The molecular formula is C16H28N2O2S. The maximum Gasteiger partial charge on any atom is 0.248 e. The fraction of sp³-hybridized carbons (Fsp3) is 0.875. The SMILES string of the molecule is CCC1(C)NC(=O)CCN(CC2(SC)CCCCC2)C1=O. The molecule has 0 radical (unpaired) electrons. The Balaban J connectivity index is 2.17. The molecule has 0 aromatic rings. The fourth-order valence-electron chi connectivity index (χ4n) is 3.47. The number of nitrogens with zero attached hydrogens (tertiary/aromatic N) is 1. The maximum absolute atomic E-state index is 12.9. The number of thioether (sulfide) groups is 1. The molecule has 1 atom stereocenters. The Morgan fingerprint density at radius 1 is 1.24 bits per heavy atom. The van der Waals surface area contributed by atoms with Crippen molar-refractivity contribution in [1.29, 1.82) is 0 Å². The highest BCUT2D eigenvalue weighted by Gasteiger charge is 2.42. The summed E-state index contributed by atoms with van der Waals surface area (Å²) in [6.45, 7) is 5.17. The molecule has 120 valence electrons. The van der Waals surface area contributed by atoms with Gasteiger partial charge in [0, 0.05) is 24.3 Å². The maximum atomic E-state index is 12.9. The Morgan fingerprint density at radius 2 is 1.90 bits per heavy atom. The van der Waals surface area contributed by atoms with Gasteiger partial charge in [0.15, 0.2) is 0 Å². The lowest BCUT2D eigenvalue weighted by molar-refractivity contribution is -0.138. The topological polar surface area (TPSA) is 49.4 Å². The van der Waals surface area contributed by atoms with E-state index in [9.17, 15) is 9.59 Å². The van der Waals surface area contributed by atoms with Crippen LogP contribution in [-0.4, -0.2) is 46.3 Å². The second-order valence-corrected chi connectivity index (χ2v) is 7.93. The summed E-state index contributed by atoms with van der Waals surface area (Å²) in [5.74, 6) is 0.0897. The van der Waals surface area contributed by atoms with Gasteiger partial charge in [-0.1, -0.05) is 26.2 Å². The monoisotopic (exact) mass is 312 g/mol. The van der Waals surface area contributed by atoms with Crippen LogP contribution < -0.4 is 5.32 Å². The van der Waals surface area contributed by atoms with Gasteiger partial charge in [-0.15, -0.1) is 0 Å². The van der Waals surface area contributed by atoms with E-state index in [0.717, 1.165) is 6.54 Å². The Labute approximate surface area is 132 Å². The molecule has 21 heavy (non-hydrogen) atoms. The van der Waals surface area contributed by atoms with Crippen molar-refractivity contribution in [3.05, 3.63) is 0 Å². The van der Waals surface area contributed by atoms with Gasteiger partial charge >= 0.3 is 0 Å². The minimum absolute atomic E-state index is 0.00274. The lowest BCUT2D eigenvalue weighted by Crippen LogP contribution is -2.56. The molecular weight excluding hydrogens is 284 g/mol. The average Bonchev–Trinajstić information content (AvgIpc) is 2.60. The van der Waals surface area contributed by atoms with E-state index < -0.39 is 5.54 Å². The van der Waals surface area contributed by atoms with E-state index in [2.05, 4.69) is 11.6 Å². The molecule has 1 unspecified atom stereocenters. The molecule has 0 aromatic carbocycles. The van der Waals surface area contributed by atoms with Crippen molar-refractivity contribution in [2.24, 2.45) is 0 Å². The average molecular weight is 312 g/mol. The summed E-state index contributed by atoms with van der Waals surface area (Å²) in [7, 11) is 0. The van der Waals surface area contributed by atoms with Crippen LogP contribution in [0.15, 0.2) is 0 Å². The zero-order chi connectivity index (χ0) is 15.5. The van der Waals surface area contributed by atoms with Gasteiger partial charge in [-0.05, 0) is 32.4 Å². The van der Waals surface area contributed by atoms with Crippen LogP contribution in [0.25, 0.3) is 0 Å². The first-order valence-corrected chi connectivity index (χ1v) is 9.33. The Bertz CT molecular complexity index is 407. The highest BCUT2D eigenvalue weighted by atomic mass is 32.2. The summed E-state index contributed by atoms with van der Waals surface area (Å²) in [4.78, 5) is 26.7. The summed E-state index contributed by atoms with van der Waals surface area (Å²) in [5, 5.41) is 2.92. The number of hydrogen-bond donors (Lipinski definition) is 1. The van der Waals surface area contributed by atoms with Gasteiger partial charge in [0.25, 0.3) is 0 Å². The molecule has 1 aliphatic heterocycles. The van der Waals surface area contributed by atoms with Crippen molar-refractivity contribution in [3.8, 4) is 0 Å². The molecule has 2 rings (SSSR count). The van der Waals surface area contributed by atoms with Crippen molar-refractivity contribution < 1.29 is 9.59 Å². The van der Waals surface area contributed by atoms with Gasteiger partial charge in [-0.3, -0.25) is 9.59 Å². The van der Waals surface area contributed by atoms with Crippen LogP contribution in [0.1, 0.15) is 58.8 Å². The first kappa shape index (κ1) is 16.7. The van der Waals surface area contributed by atoms with Crippen molar-refractivity contribution >= 4 is 23.6 Å². The van der Waals surface area contributed by atoms with Gasteiger partial charge < -0.3 is 10.2 Å². The molecule has 0 bridgehead atoms. The molecule has 2 amide bonds. The largest absolute Gasteiger partial charge is 0.342 e. The summed E-state index contributed by atoms with van der Waals surface area (Å²) in [6.07, 6.45) is 9.41. The first-order chi connectivity index (χ1) is 9.95. The number of rotatable bonds is 4. The van der Waals surface area contributed by atoms with Crippen LogP contribution >= 0.6 is 11.8 Å². The predicted molar refractivity (Wildman–Crippen MR) is 87.4 cm³/mol. The summed E-state index contributed by atoms with van der Waals surface area (Å²) in [5.41, 5.74) is -0.734. The molecule has 0 spiro atoms. The number of carbonyl (C=O) groups excluding carboxylic acids is 2. The summed E-state index contributed by atoms with van der Waals surface area (Å²) < 4.78 is 0.190. The molecule has 1 heterocycles. The Morgan fingerprint density at radius 3 is 2.48 bits per heavy atom. The van der Waals surface area contributed by atoms with E-state index in [-0.39, 0.29) is 16.6 Å². The van der Waals surface area contributed by atoms with E-state index in [1.165, 1.54) is 32.1 Å². The van der Waals surface area contributed by atoms with E-state index in [1.807, 2.05) is 30.5 Å². The van der Waals surface area contributed by atoms with Crippen molar-refractivity contribution in [3.63, 3.8) is 0 Å². The molecule has 5 heteroatoms. The van der Waals surface area contributed by atoms with Crippen LogP contribution in [0.4, 0.5) is 0 Å². The third-order valence-corrected chi connectivity index (χ3v) is 6.57. The first-order valence-electron chi connectivity index (χ1n) is 8.10. The standard InChI is InChI=1S/C16H28N2O2S/c1-4-15(2)14(20)18(11-8-13(19)17-15)12-16(21-3)9-6-5-7-10-16/h4-12H2,1-3H3,(H,17,19). The highest BCUT2D eigenvalue weighted by Crippen LogP contribution is 2.39. The quantitative estimate of drug-likeness (QED) is 0.868. The molecule has 1 saturated carbocycles. The van der Waals surface area contributed by atoms with Gasteiger partial charge in [0.2, 0.25) is 11.8 Å². The fourth-order valence-corrected chi connectivity index (χ4v) is 4.45. The Kier molecular flexibility index (Phi) is 5.23. The molecule has 2 fully saturated rings. The Hall–Kier alpha value is -0.710. The van der Waals surface area contributed by atoms with E-state index in [4.69, 9.17) is 0 Å². The third-order valence-electron chi connectivity index (χ3n) is 5.17. The van der Waals surface area contributed by atoms with Crippen LogP contribution in [0, 0.1) is 0 Å². The highest BCUT2D eigenvalue weighted by molar-refractivity contribution is 8.00. The third kappa shape index (κ3) is 3.55. The normalized spacial score (nSPS) is 30.0. The van der Waals surface area contributed by atoms with Crippen LogP contribution in [0.5, 0.6) is 0 Å². The molecule has 1 N–H and O–H groups in total. The summed E-state index contributed by atoms with van der Waals surface area (Å²) >= 11 is 1.91. The molecule has 1 saturated heterocycles. The van der Waals surface area contributed by atoms with Gasteiger partial charge in [-0.25, -0.2) is 0 Å². The van der Waals surface area contributed by atoms with Crippen LogP contribution in [0.3, 0.4) is 0 Å². The zero-order valence-electron chi connectivity index (χ0n) is 13.5. The number of hydrogen-bond acceptors (Lipinski definition) is 3.